The normalized spacial score (nSPS) is 10.7. The first-order valence-corrected chi connectivity index (χ1v) is 5.67. The van der Waals surface area contributed by atoms with Crippen LogP contribution in [0.4, 0.5) is 8.78 Å². The topological polar surface area (TPSA) is 63.8 Å². The Morgan fingerprint density at radius 1 is 1.10 bits per heavy atom. The number of rotatable bonds is 2. The Balaban J connectivity index is 2.18. The fourth-order valence-corrected chi connectivity index (χ4v) is 1.80. The average molecular weight is 274 g/mol. The smallest absolute Gasteiger partial charge is 0.231 e. The van der Waals surface area contributed by atoms with Gasteiger partial charge in [-0.1, -0.05) is 0 Å². The minimum Gasteiger partial charge on any atom is -0.492 e. The summed E-state index contributed by atoms with van der Waals surface area (Å²) in [6.07, 6.45) is 2.67. The largest absolute Gasteiger partial charge is 0.492 e. The number of hydrogen-bond acceptors (Lipinski definition) is 4. The first-order valence-electron chi connectivity index (χ1n) is 5.67. The lowest BCUT2D eigenvalue weighted by Crippen LogP contribution is -2.04. The molecule has 1 N–H and O–H groups in total. The highest BCUT2D eigenvalue weighted by molar-refractivity contribution is 5.61. The average Bonchev–Trinajstić information content (AvgIpc) is 2.82. The molecule has 0 atom stereocenters. The van der Waals surface area contributed by atoms with Gasteiger partial charge in [0.25, 0.3) is 0 Å². The maximum absolute atomic E-state index is 13.8. The minimum absolute atomic E-state index is 0.0628. The lowest BCUT2D eigenvalue weighted by molar-refractivity contribution is 0.446. The van der Waals surface area contributed by atoms with Crippen LogP contribution >= 0.6 is 0 Å². The van der Waals surface area contributed by atoms with Gasteiger partial charge >= 0.3 is 0 Å². The molecule has 0 unspecified atom stereocenters. The van der Waals surface area contributed by atoms with Crippen molar-refractivity contribution < 1.29 is 13.9 Å². The van der Waals surface area contributed by atoms with E-state index in [9.17, 15) is 13.9 Å². The van der Waals surface area contributed by atoms with Crippen molar-refractivity contribution in [2.45, 2.75) is 0 Å². The van der Waals surface area contributed by atoms with Gasteiger partial charge in [-0.3, -0.25) is 0 Å². The van der Waals surface area contributed by atoms with E-state index in [0.717, 1.165) is 4.68 Å². The number of nitrogens with zero attached hydrogens (tertiary/aromatic N) is 4. The van der Waals surface area contributed by atoms with E-state index in [2.05, 4.69) is 15.1 Å². The predicted molar refractivity (Wildman–Crippen MR) is 66.2 cm³/mol. The van der Waals surface area contributed by atoms with E-state index in [1.807, 2.05) is 0 Å². The number of aromatic hydroxyl groups is 1. The maximum atomic E-state index is 13.8. The van der Waals surface area contributed by atoms with Gasteiger partial charge in [0.15, 0.2) is 11.6 Å². The number of pyridine rings is 2. The standard InChI is InChI=1S/C13H8F2N4O/c14-9-2-1-5-16-13(9)19-10(6-12(20)18-19)8-3-4-11(15)17-7-8/h1-7H,(H,18,20). The van der Waals surface area contributed by atoms with Crippen molar-refractivity contribution in [3.63, 3.8) is 0 Å². The van der Waals surface area contributed by atoms with Crippen LogP contribution < -0.4 is 0 Å². The van der Waals surface area contributed by atoms with Crippen LogP contribution in [-0.2, 0) is 0 Å². The Morgan fingerprint density at radius 2 is 1.95 bits per heavy atom. The van der Waals surface area contributed by atoms with Gasteiger partial charge in [0.1, 0.15) is 0 Å². The molecule has 0 amide bonds. The zero-order valence-electron chi connectivity index (χ0n) is 10.0. The van der Waals surface area contributed by atoms with Crippen LogP contribution in [0.3, 0.4) is 0 Å². The summed E-state index contributed by atoms with van der Waals surface area (Å²) in [6.45, 7) is 0. The Kier molecular flexibility index (Phi) is 2.86. The van der Waals surface area contributed by atoms with Gasteiger partial charge in [-0.2, -0.15) is 4.39 Å². The Bertz CT molecular complexity index is 755. The van der Waals surface area contributed by atoms with Crippen molar-refractivity contribution in [2.24, 2.45) is 0 Å². The van der Waals surface area contributed by atoms with Crippen molar-refractivity contribution in [1.82, 2.24) is 19.7 Å². The molecule has 0 saturated heterocycles. The van der Waals surface area contributed by atoms with Crippen LogP contribution in [0.5, 0.6) is 5.88 Å². The van der Waals surface area contributed by atoms with Gasteiger partial charge < -0.3 is 5.11 Å². The van der Waals surface area contributed by atoms with Gasteiger partial charge in [0.2, 0.25) is 11.8 Å². The van der Waals surface area contributed by atoms with Crippen LogP contribution in [0.25, 0.3) is 17.1 Å². The summed E-state index contributed by atoms with van der Waals surface area (Å²) >= 11 is 0. The summed E-state index contributed by atoms with van der Waals surface area (Å²) < 4.78 is 27.7. The van der Waals surface area contributed by atoms with E-state index in [0.29, 0.717) is 11.3 Å². The lowest BCUT2D eigenvalue weighted by atomic mass is 10.2. The molecule has 0 fully saturated rings. The molecule has 20 heavy (non-hydrogen) atoms. The van der Waals surface area contributed by atoms with Gasteiger partial charge in [0, 0.05) is 24.0 Å². The molecule has 5 nitrogen and oxygen atoms in total. The minimum atomic E-state index is -0.631. The third-order valence-corrected chi connectivity index (χ3v) is 2.66. The van der Waals surface area contributed by atoms with E-state index in [-0.39, 0.29) is 11.7 Å². The molecular formula is C13H8F2N4O. The first kappa shape index (κ1) is 12.2. The van der Waals surface area contributed by atoms with Crippen molar-refractivity contribution in [1.29, 1.82) is 0 Å². The SMILES string of the molecule is Oc1cc(-c2ccc(F)nc2)n(-c2ncccc2F)n1. The van der Waals surface area contributed by atoms with E-state index in [1.165, 1.54) is 42.7 Å². The molecule has 3 heterocycles. The van der Waals surface area contributed by atoms with E-state index < -0.39 is 11.8 Å². The molecule has 0 aliphatic rings. The summed E-state index contributed by atoms with van der Waals surface area (Å²) in [6, 6.07) is 6.62. The third-order valence-electron chi connectivity index (χ3n) is 2.66. The molecule has 0 aromatic carbocycles. The molecule has 0 aliphatic carbocycles. The molecule has 3 rings (SSSR count). The number of aromatic nitrogens is 4. The van der Waals surface area contributed by atoms with Crippen LogP contribution in [0.1, 0.15) is 0 Å². The molecule has 100 valence electrons. The second-order valence-corrected chi connectivity index (χ2v) is 3.98. The zero-order chi connectivity index (χ0) is 14.1. The van der Waals surface area contributed by atoms with Gasteiger partial charge in [0.05, 0.1) is 5.69 Å². The fraction of sp³-hybridized carbons (Fsp3) is 0. The molecule has 3 aromatic rings. The van der Waals surface area contributed by atoms with Gasteiger partial charge in [-0.05, 0) is 24.3 Å². The first-order chi connectivity index (χ1) is 9.65. The van der Waals surface area contributed by atoms with Gasteiger partial charge in [-0.15, -0.1) is 5.10 Å². The second kappa shape index (κ2) is 4.69. The van der Waals surface area contributed by atoms with E-state index >= 15 is 0 Å². The Morgan fingerprint density at radius 3 is 2.65 bits per heavy atom. The van der Waals surface area contributed by atoms with Crippen LogP contribution in [0.2, 0.25) is 0 Å². The molecule has 0 spiro atoms. The maximum Gasteiger partial charge on any atom is 0.231 e. The summed E-state index contributed by atoms with van der Waals surface area (Å²) in [4.78, 5) is 7.40. The highest BCUT2D eigenvalue weighted by atomic mass is 19.1. The molecule has 0 saturated carbocycles. The highest BCUT2D eigenvalue weighted by Gasteiger charge is 2.15. The molecule has 7 heteroatoms. The molecule has 3 aromatic heterocycles. The summed E-state index contributed by atoms with van der Waals surface area (Å²) in [5, 5.41) is 13.3. The lowest BCUT2D eigenvalue weighted by Gasteiger charge is -2.06. The molecular weight excluding hydrogens is 266 g/mol. The number of halogens is 2. The highest BCUT2D eigenvalue weighted by Crippen LogP contribution is 2.26. The van der Waals surface area contributed by atoms with Crippen molar-refractivity contribution in [2.75, 3.05) is 0 Å². The quantitative estimate of drug-likeness (QED) is 0.728. The number of hydrogen-bond donors (Lipinski definition) is 1. The predicted octanol–water partition coefficient (Wildman–Crippen LogP) is 2.31. The van der Waals surface area contributed by atoms with E-state index in [1.54, 1.807) is 0 Å². The summed E-state index contributed by atoms with van der Waals surface area (Å²) in [5.74, 6) is -1.58. The van der Waals surface area contributed by atoms with Crippen molar-refractivity contribution in [3.05, 3.63) is 54.5 Å². The molecule has 0 radical (unpaired) electrons. The monoisotopic (exact) mass is 274 g/mol. The Hall–Kier alpha value is -2.83. The third kappa shape index (κ3) is 2.09. The zero-order valence-corrected chi connectivity index (χ0v) is 10.0. The Labute approximate surface area is 112 Å². The molecule has 0 aliphatic heterocycles. The van der Waals surface area contributed by atoms with Crippen molar-refractivity contribution in [3.8, 4) is 23.0 Å². The van der Waals surface area contributed by atoms with Crippen LogP contribution in [-0.4, -0.2) is 24.9 Å². The fourth-order valence-electron chi connectivity index (χ4n) is 1.80. The molecule has 0 bridgehead atoms. The van der Waals surface area contributed by atoms with Crippen molar-refractivity contribution >= 4 is 0 Å². The summed E-state index contributed by atoms with van der Waals surface area (Å²) in [5.41, 5.74) is 0.830. The summed E-state index contributed by atoms with van der Waals surface area (Å²) in [7, 11) is 0. The second-order valence-electron chi connectivity index (χ2n) is 3.98. The van der Waals surface area contributed by atoms with Crippen LogP contribution in [0.15, 0.2) is 42.7 Å². The van der Waals surface area contributed by atoms with Gasteiger partial charge in [-0.25, -0.2) is 19.0 Å². The van der Waals surface area contributed by atoms with Crippen LogP contribution in [0, 0.1) is 11.8 Å². The van der Waals surface area contributed by atoms with E-state index in [4.69, 9.17) is 0 Å².